The number of rotatable bonds is 6. The maximum atomic E-state index is 10.1. The normalized spacial score (nSPS) is 12.5. The maximum absolute atomic E-state index is 10.1. The van der Waals surface area contributed by atoms with Crippen LogP contribution in [0.15, 0.2) is 0 Å². The third-order valence-electron chi connectivity index (χ3n) is 1.77. The van der Waals surface area contributed by atoms with Crippen molar-refractivity contribution in [3.63, 3.8) is 0 Å². The molecule has 3 nitrogen and oxygen atoms in total. The highest BCUT2D eigenvalue weighted by molar-refractivity contribution is 5.66. The van der Waals surface area contributed by atoms with Gasteiger partial charge in [0, 0.05) is 12.8 Å². The van der Waals surface area contributed by atoms with Crippen molar-refractivity contribution in [2.75, 3.05) is 0 Å². The minimum atomic E-state index is -0.783. The molecule has 0 aromatic rings. The molecule has 0 rings (SSSR count). The molecule has 1 atom stereocenters. The summed E-state index contributed by atoms with van der Waals surface area (Å²) in [6.45, 7) is 1.97. The van der Waals surface area contributed by atoms with Crippen molar-refractivity contribution in [3.8, 4) is 0 Å². The Morgan fingerprint density at radius 1 is 1.64 bits per heavy atom. The number of carbonyl (C=O) groups is 2. The van der Waals surface area contributed by atoms with Gasteiger partial charge < -0.3 is 9.90 Å². The van der Waals surface area contributed by atoms with Gasteiger partial charge in [-0.25, -0.2) is 0 Å². The molecule has 0 aliphatic carbocycles. The van der Waals surface area contributed by atoms with E-state index in [0.29, 0.717) is 12.8 Å². The molecule has 0 fully saturated rings. The van der Waals surface area contributed by atoms with Crippen LogP contribution in [0.5, 0.6) is 0 Å². The summed E-state index contributed by atoms with van der Waals surface area (Å²) in [7, 11) is 0. The van der Waals surface area contributed by atoms with E-state index in [2.05, 4.69) is 0 Å². The van der Waals surface area contributed by atoms with Crippen molar-refractivity contribution in [1.82, 2.24) is 0 Å². The van der Waals surface area contributed by atoms with Crippen LogP contribution in [0.2, 0.25) is 0 Å². The van der Waals surface area contributed by atoms with Crippen molar-refractivity contribution in [2.24, 2.45) is 5.92 Å². The fourth-order valence-corrected chi connectivity index (χ4v) is 0.952. The molecule has 0 aliphatic rings. The van der Waals surface area contributed by atoms with E-state index in [9.17, 15) is 9.59 Å². The predicted octanol–water partition coefficient (Wildman–Crippen LogP) is 1.47. The lowest BCUT2D eigenvalue weighted by Crippen LogP contribution is -2.03. The summed E-state index contributed by atoms with van der Waals surface area (Å²) >= 11 is 0. The molecule has 64 valence electrons. The van der Waals surface area contributed by atoms with Gasteiger partial charge >= 0.3 is 5.97 Å². The van der Waals surface area contributed by atoms with E-state index in [0.717, 1.165) is 12.7 Å². The topological polar surface area (TPSA) is 54.4 Å². The first-order valence-electron chi connectivity index (χ1n) is 3.86. The van der Waals surface area contributed by atoms with Gasteiger partial charge in [-0.15, -0.1) is 0 Å². The van der Waals surface area contributed by atoms with Crippen LogP contribution in [0.4, 0.5) is 0 Å². The number of aliphatic carboxylic acids is 1. The minimum absolute atomic E-state index is 0.173. The second-order valence-corrected chi connectivity index (χ2v) is 2.61. The molecule has 1 unspecified atom stereocenters. The Labute approximate surface area is 66.4 Å². The van der Waals surface area contributed by atoms with Crippen LogP contribution in [-0.2, 0) is 9.59 Å². The van der Waals surface area contributed by atoms with Crippen molar-refractivity contribution < 1.29 is 14.7 Å². The fraction of sp³-hybridized carbons (Fsp3) is 0.750. The minimum Gasteiger partial charge on any atom is -0.481 e. The second-order valence-electron chi connectivity index (χ2n) is 2.61. The van der Waals surface area contributed by atoms with Crippen LogP contribution >= 0.6 is 0 Å². The Morgan fingerprint density at radius 2 is 2.27 bits per heavy atom. The van der Waals surface area contributed by atoms with Gasteiger partial charge in [0.25, 0.3) is 0 Å². The molecule has 11 heavy (non-hydrogen) atoms. The van der Waals surface area contributed by atoms with Crippen molar-refractivity contribution in [3.05, 3.63) is 0 Å². The number of carbonyl (C=O) groups excluding carboxylic acids is 1. The summed E-state index contributed by atoms with van der Waals surface area (Å²) in [5.74, 6) is -0.530. The molecule has 0 amide bonds. The third-order valence-corrected chi connectivity index (χ3v) is 1.77. The van der Waals surface area contributed by atoms with E-state index in [1.807, 2.05) is 6.92 Å². The summed E-state index contributed by atoms with van der Waals surface area (Å²) in [6, 6.07) is 0. The highest BCUT2D eigenvalue weighted by Gasteiger charge is 2.07. The molecular formula is C8H14O3. The Hall–Kier alpha value is -0.860. The first-order valence-corrected chi connectivity index (χ1v) is 3.86. The number of hydrogen-bond donors (Lipinski definition) is 1. The van der Waals surface area contributed by atoms with Crippen molar-refractivity contribution in [1.29, 1.82) is 0 Å². The number of aldehydes is 1. The van der Waals surface area contributed by atoms with Gasteiger partial charge in [0.2, 0.25) is 0 Å². The van der Waals surface area contributed by atoms with Crippen LogP contribution in [0.3, 0.4) is 0 Å². The molecule has 0 aliphatic heterocycles. The smallest absolute Gasteiger partial charge is 0.303 e. The molecule has 3 heteroatoms. The van der Waals surface area contributed by atoms with E-state index < -0.39 is 5.97 Å². The zero-order valence-electron chi connectivity index (χ0n) is 6.75. The lowest BCUT2D eigenvalue weighted by molar-refractivity contribution is -0.137. The highest BCUT2D eigenvalue weighted by atomic mass is 16.4. The largest absolute Gasteiger partial charge is 0.481 e. The fourth-order valence-electron chi connectivity index (χ4n) is 0.952. The van der Waals surface area contributed by atoms with Crippen LogP contribution in [-0.4, -0.2) is 17.4 Å². The van der Waals surface area contributed by atoms with Gasteiger partial charge in [-0.3, -0.25) is 4.79 Å². The van der Waals surface area contributed by atoms with E-state index in [1.165, 1.54) is 0 Å². The van der Waals surface area contributed by atoms with Crippen LogP contribution in [0.1, 0.15) is 32.6 Å². The van der Waals surface area contributed by atoms with Crippen LogP contribution in [0.25, 0.3) is 0 Å². The molecule has 0 aromatic heterocycles. The van der Waals surface area contributed by atoms with Gasteiger partial charge in [-0.1, -0.05) is 13.3 Å². The van der Waals surface area contributed by atoms with Gasteiger partial charge in [-0.05, 0) is 12.3 Å². The van der Waals surface area contributed by atoms with Crippen molar-refractivity contribution in [2.45, 2.75) is 32.6 Å². The molecule has 0 saturated heterocycles. The quantitative estimate of drug-likeness (QED) is 0.595. The SMILES string of the molecule is CCC(CC=O)CCC(=O)O. The van der Waals surface area contributed by atoms with Crippen LogP contribution < -0.4 is 0 Å². The average Bonchev–Trinajstić information content (AvgIpc) is 1.97. The zero-order valence-corrected chi connectivity index (χ0v) is 6.75. The van der Waals surface area contributed by atoms with E-state index in [-0.39, 0.29) is 12.3 Å². The molecule has 0 radical (unpaired) electrons. The Kier molecular flexibility index (Phi) is 5.43. The van der Waals surface area contributed by atoms with E-state index in [1.54, 1.807) is 0 Å². The predicted molar refractivity (Wildman–Crippen MR) is 41.3 cm³/mol. The maximum Gasteiger partial charge on any atom is 0.303 e. The monoisotopic (exact) mass is 158 g/mol. The van der Waals surface area contributed by atoms with Crippen molar-refractivity contribution >= 4 is 12.3 Å². The van der Waals surface area contributed by atoms with E-state index >= 15 is 0 Å². The molecule has 0 heterocycles. The third kappa shape index (κ3) is 5.58. The van der Waals surface area contributed by atoms with Gasteiger partial charge in [0.15, 0.2) is 0 Å². The van der Waals surface area contributed by atoms with Gasteiger partial charge in [-0.2, -0.15) is 0 Å². The van der Waals surface area contributed by atoms with Crippen LogP contribution in [0, 0.1) is 5.92 Å². The van der Waals surface area contributed by atoms with Gasteiger partial charge in [0.1, 0.15) is 6.29 Å². The van der Waals surface area contributed by atoms with E-state index in [4.69, 9.17) is 5.11 Å². The molecule has 0 aromatic carbocycles. The molecular weight excluding hydrogens is 144 g/mol. The summed E-state index contributed by atoms with van der Waals surface area (Å²) in [4.78, 5) is 20.2. The molecule has 0 spiro atoms. The summed E-state index contributed by atoms with van der Waals surface area (Å²) < 4.78 is 0. The lowest BCUT2D eigenvalue weighted by Gasteiger charge is -2.07. The first kappa shape index (κ1) is 10.1. The number of hydrogen-bond acceptors (Lipinski definition) is 2. The molecule has 0 saturated carbocycles. The Bertz CT molecular complexity index is 131. The summed E-state index contributed by atoms with van der Waals surface area (Å²) in [6.07, 6.45) is 3.02. The molecule has 0 bridgehead atoms. The summed E-state index contributed by atoms with van der Waals surface area (Å²) in [5.41, 5.74) is 0. The highest BCUT2D eigenvalue weighted by Crippen LogP contribution is 2.13. The average molecular weight is 158 g/mol. The zero-order chi connectivity index (χ0) is 8.69. The number of carboxylic acid groups (broad SMARTS) is 1. The Morgan fingerprint density at radius 3 is 2.64 bits per heavy atom. The van der Waals surface area contributed by atoms with Gasteiger partial charge in [0.05, 0.1) is 0 Å². The molecule has 1 N–H and O–H groups in total. The standard InChI is InChI=1S/C8H14O3/c1-2-7(5-6-9)3-4-8(10)11/h6-7H,2-5H2,1H3,(H,10,11). The number of carboxylic acids is 1. The first-order chi connectivity index (χ1) is 5.20. The second kappa shape index (κ2) is 5.89. The lowest BCUT2D eigenvalue weighted by atomic mass is 9.97. The summed E-state index contributed by atoms with van der Waals surface area (Å²) in [5, 5.41) is 8.34. The Balaban J connectivity index is 3.51.